The third kappa shape index (κ3) is 5.60. The smallest absolute Gasteiger partial charge is 0.417 e. The van der Waals surface area contributed by atoms with Crippen LogP contribution in [0.15, 0.2) is 72.5 Å². The highest BCUT2D eigenvalue weighted by Gasteiger charge is 2.70. The molecule has 53 heavy (non-hydrogen) atoms. The van der Waals surface area contributed by atoms with Gasteiger partial charge in [0.1, 0.15) is 0 Å². The van der Waals surface area contributed by atoms with Crippen LogP contribution in [0.1, 0.15) is 29.5 Å². The first-order chi connectivity index (χ1) is 25.1. The van der Waals surface area contributed by atoms with Crippen molar-refractivity contribution in [1.82, 2.24) is 14.9 Å². The number of hydrogen-bond acceptors (Lipinski definition) is 9. The minimum Gasteiger partial charge on any atom is -0.504 e. The summed E-state index contributed by atoms with van der Waals surface area (Å²) in [5.74, 6) is -8.67. The molecule has 4 aliphatic rings. The Labute approximate surface area is 308 Å². The van der Waals surface area contributed by atoms with E-state index in [-0.39, 0.29) is 24.3 Å². The van der Waals surface area contributed by atoms with Crippen molar-refractivity contribution in [3.05, 3.63) is 99.2 Å². The highest BCUT2D eigenvalue weighted by atomic mass is 35.5. The van der Waals surface area contributed by atoms with Crippen molar-refractivity contribution in [3.8, 4) is 11.5 Å². The van der Waals surface area contributed by atoms with Crippen LogP contribution in [0.5, 0.6) is 11.5 Å². The molecule has 3 heterocycles. The third-order valence-corrected chi connectivity index (χ3v) is 11.1. The summed E-state index contributed by atoms with van der Waals surface area (Å²) in [5, 5.41) is 10.7. The van der Waals surface area contributed by atoms with Crippen LogP contribution in [0.25, 0.3) is 6.08 Å². The van der Waals surface area contributed by atoms with Crippen molar-refractivity contribution in [2.45, 2.75) is 24.4 Å². The van der Waals surface area contributed by atoms with Crippen LogP contribution in [-0.4, -0.2) is 56.8 Å². The summed E-state index contributed by atoms with van der Waals surface area (Å²) in [6.45, 7) is 0. The van der Waals surface area contributed by atoms with Crippen LogP contribution in [0.4, 0.5) is 23.8 Å². The van der Waals surface area contributed by atoms with Crippen molar-refractivity contribution >= 4 is 64.8 Å². The number of likely N-dealkylation sites (tertiary alicyclic amines) is 1. The maximum Gasteiger partial charge on any atom is 0.417 e. The van der Waals surface area contributed by atoms with Gasteiger partial charge in [-0.3, -0.25) is 24.6 Å². The number of aromatic nitrogens is 1. The van der Waals surface area contributed by atoms with Crippen molar-refractivity contribution in [2.24, 2.45) is 35.3 Å². The number of aromatic hydroxyl groups is 1. The molecule has 0 bridgehead atoms. The molecule has 17 heteroatoms. The second-order valence-corrected chi connectivity index (χ2v) is 13.9. The quantitative estimate of drug-likeness (QED) is 0.209. The van der Waals surface area contributed by atoms with Gasteiger partial charge in [-0.25, -0.2) is 9.78 Å². The highest BCUT2D eigenvalue weighted by Crippen LogP contribution is 2.61. The van der Waals surface area contributed by atoms with Crippen LogP contribution in [0.2, 0.25) is 10.0 Å². The normalized spacial score (nSPS) is 26.8. The van der Waals surface area contributed by atoms with E-state index >= 15 is 4.79 Å². The van der Waals surface area contributed by atoms with E-state index in [1.165, 1.54) is 25.3 Å². The zero-order valence-electron chi connectivity index (χ0n) is 27.4. The molecule has 274 valence electrons. The molecule has 2 saturated heterocycles. The van der Waals surface area contributed by atoms with Gasteiger partial charge < -0.3 is 15.6 Å². The summed E-state index contributed by atoms with van der Waals surface area (Å²) in [7, 11) is 1.37. The van der Waals surface area contributed by atoms with Crippen LogP contribution < -0.4 is 15.9 Å². The summed E-state index contributed by atoms with van der Waals surface area (Å²) < 4.78 is 45.5. The first kappa shape index (κ1) is 36.0. The van der Waals surface area contributed by atoms with Crippen molar-refractivity contribution in [3.63, 3.8) is 0 Å². The predicted octanol–water partition coefficient (Wildman–Crippen LogP) is 5.73. The maximum atomic E-state index is 15.1. The molecule has 2 aliphatic heterocycles. The first-order valence-electron chi connectivity index (χ1n) is 16.2. The number of imide groups is 4. The number of urea groups is 1. The number of carbonyl (C=O) groups excluding carboxylic acids is 5. The van der Waals surface area contributed by atoms with E-state index in [0.717, 1.165) is 0 Å². The van der Waals surface area contributed by atoms with Gasteiger partial charge in [0.15, 0.2) is 17.3 Å². The number of phenols is 1. The zero-order chi connectivity index (χ0) is 38.1. The molecule has 3 aromatic rings. The topological polar surface area (TPSA) is 172 Å². The number of ether oxygens (including phenoxy) is 1. The van der Waals surface area contributed by atoms with Crippen molar-refractivity contribution in [2.75, 3.05) is 12.5 Å². The number of nitrogens with one attached hydrogen (secondary N) is 1. The van der Waals surface area contributed by atoms with Crippen LogP contribution in [-0.2, 0) is 30.8 Å². The fraction of sp³-hybridized carbons (Fsp3) is 0.278. The van der Waals surface area contributed by atoms with Gasteiger partial charge in [-0.05, 0) is 60.2 Å². The monoisotopic (exact) mass is 769 g/mol. The molecule has 1 aromatic heterocycles. The van der Waals surface area contributed by atoms with E-state index < -0.39 is 87.2 Å². The molecule has 0 unspecified atom stereocenters. The summed E-state index contributed by atoms with van der Waals surface area (Å²) in [4.78, 5) is 73.1. The summed E-state index contributed by atoms with van der Waals surface area (Å²) in [5.41, 5.74) is 6.50. The summed E-state index contributed by atoms with van der Waals surface area (Å²) >= 11 is 12.5. The number of methoxy groups -OCH3 is 1. The van der Waals surface area contributed by atoms with Crippen LogP contribution in [0, 0.1) is 29.6 Å². The molecule has 0 spiro atoms. The number of hydrazine groups is 1. The number of fused-ring (bicyclic) bond motifs is 4. The number of anilines is 1. The zero-order valence-corrected chi connectivity index (χ0v) is 28.9. The number of pyridine rings is 1. The van der Waals surface area contributed by atoms with Gasteiger partial charge in [0.2, 0.25) is 11.8 Å². The SMILES string of the molecule is COc1cc(C=C[C@H]2C3=CC[C@@H]4C(=O)N(C(N)=O)C(=O)[C@@H]4[C@@H]3C[C@H]3C(=O)N(Nc4ncc(C(F)(F)F)cc4Cl)C(=O)[C@@]23c2ccc(Cl)cc2)ccc1O. The van der Waals surface area contributed by atoms with E-state index in [1.807, 2.05) is 0 Å². The van der Waals surface area contributed by atoms with Crippen molar-refractivity contribution < 1.29 is 47.0 Å². The standard InChI is InChI=1S/C36H28Cl2F3N5O7/c1-53-27-12-16(3-11-26(27)47)2-10-23-20-8-9-21-28(32(50)45(30(21)48)34(42)52)22(20)14-24-31(49)46(33(51)35(23,24)17-4-6-19(37)7-5-17)44-29-25(38)13-18(15-43-29)36(39,40)41/h2-8,10-13,15,21-24,28,47H,9,14H2,1H3,(H2,42,52)(H,43,44)/t21-,22+,23-,24-,28-,35-/m0/s1. The number of nitrogens with zero attached hydrogens (tertiary/aromatic N) is 3. The van der Waals surface area contributed by atoms with Crippen molar-refractivity contribution in [1.29, 1.82) is 0 Å². The van der Waals surface area contributed by atoms with Crippen LogP contribution in [0.3, 0.4) is 0 Å². The Morgan fingerprint density at radius 2 is 1.77 bits per heavy atom. The lowest BCUT2D eigenvalue weighted by atomic mass is 9.50. The average Bonchev–Trinajstić information content (AvgIpc) is 3.49. The Balaban J connectivity index is 1.41. The number of primary amides is 1. The fourth-order valence-electron chi connectivity index (χ4n) is 8.25. The molecule has 0 radical (unpaired) electrons. The Morgan fingerprint density at radius 1 is 1.06 bits per heavy atom. The largest absolute Gasteiger partial charge is 0.504 e. The Bertz CT molecular complexity index is 2160. The van der Waals surface area contributed by atoms with Gasteiger partial charge >= 0.3 is 12.2 Å². The predicted molar refractivity (Wildman–Crippen MR) is 183 cm³/mol. The van der Waals surface area contributed by atoms with E-state index in [4.69, 9.17) is 33.7 Å². The number of hydrogen-bond donors (Lipinski definition) is 3. The molecule has 4 N–H and O–H groups in total. The minimum absolute atomic E-state index is 0.0266. The second-order valence-electron chi connectivity index (χ2n) is 13.1. The number of allylic oxidation sites excluding steroid dienone is 3. The average molecular weight is 771 g/mol. The molecule has 2 aromatic carbocycles. The molecule has 7 rings (SSSR count). The van der Waals surface area contributed by atoms with E-state index in [0.29, 0.717) is 43.9 Å². The number of benzene rings is 2. The Hall–Kier alpha value is -5.41. The fourth-order valence-corrected chi connectivity index (χ4v) is 8.59. The van der Waals surface area contributed by atoms with Gasteiger partial charge in [-0.2, -0.15) is 23.1 Å². The van der Waals surface area contributed by atoms with E-state index in [2.05, 4.69) is 10.4 Å². The number of carbonyl (C=O) groups is 5. The number of nitrogens with two attached hydrogens (primary N) is 1. The number of halogens is 5. The first-order valence-corrected chi connectivity index (χ1v) is 16.9. The van der Waals surface area contributed by atoms with Gasteiger partial charge in [-0.15, -0.1) is 0 Å². The lowest BCUT2D eigenvalue weighted by Gasteiger charge is -2.49. The lowest BCUT2D eigenvalue weighted by Crippen LogP contribution is -2.54. The number of rotatable bonds is 6. The minimum atomic E-state index is -4.77. The van der Waals surface area contributed by atoms with Gasteiger partial charge in [0.05, 0.1) is 40.9 Å². The lowest BCUT2D eigenvalue weighted by molar-refractivity contribution is -0.140. The van der Waals surface area contributed by atoms with Crippen LogP contribution >= 0.6 is 23.2 Å². The summed E-state index contributed by atoms with van der Waals surface area (Å²) in [6, 6.07) is 10.2. The molecule has 12 nitrogen and oxygen atoms in total. The number of phenolic OH excluding ortho intramolecular Hbond substituents is 1. The van der Waals surface area contributed by atoms with Gasteiger partial charge in [-0.1, -0.05) is 65.2 Å². The molecule has 2 aliphatic carbocycles. The highest BCUT2D eigenvalue weighted by molar-refractivity contribution is 6.33. The molecular weight excluding hydrogens is 742 g/mol. The maximum absolute atomic E-state index is 15.1. The second kappa shape index (κ2) is 12.9. The molecule has 1 saturated carbocycles. The molecule has 6 atom stereocenters. The molecule has 3 fully saturated rings. The number of amides is 6. The Morgan fingerprint density at radius 3 is 2.42 bits per heavy atom. The van der Waals surface area contributed by atoms with E-state index in [9.17, 15) is 37.5 Å². The molecular formula is C36H28Cl2F3N5O7. The van der Waals surface area contributed by atoms with E-state index in [1.54, 1.807) is 42.5 Å². The summed E-state index contributed by atoms with van der Waals surface area (Å²) in [6.07, 6.45) is 0.685. The Kier molecular flexibility index (Phi) is 8.77. The van der Waals surface area contributed by atoms with Gasteiger partial charge in [0, 0.05) is 17.1 Å². The third-order valence-electron chi connectivity index (χ3n) is 10.5. The van der Waals surface area contributed by atoms with Gasteiger partial charge in [0.25, 0.3) is 11.8 Å². The number of alkyl halides is 3. The molecule has 6 amide bonds.